The topological polar surface area (TPSA) is 53.6 Å². The number of hydrogen-bond donors (Lipinski definition) is 2. The van der Waals surface area contributed by atoms with Gasteiger partial charge >= 0.3 is 12.8 Å². The lowest BCUT2D eigenvalue weighted by Crippen LogP contribution is -2.57. The number of hydrogen-bond acceptors (Lipinski definition) is 4. The number of aryl methyl sites for hydroxylation is 2. The quantitative estimate of drug-likeness (QED) is 0.727. The number of halogens is 5. The smallest absolute Gasteiger partial charge is 0.405 e. The Kier molecular flexibility index (Phi) is 6.99. The molecule has 1 heterocycles. The molecule has 27 heavy (non-hydrogen) atoms. The average Bonchev–Trinajstić information content (AvgIpc) is 2.57. The Hall–Kier alpha value is -1.94. The van der Waals surface area contributed by atoms with E-state index in [1.807, 2.05) is 0 Å². The first kappa shape index (κ1) is 21.4. The third-order valence-corrected chi connectivity index (χ3v) is 4.36. The van der Waals surface area contributed by atoms with Gasteiger partial charge in [0.05, 0.1) is 0 Å². The van der Waals surface area contributed by atoms with E-state index >= 15 is 0 Å². The van der Waals surface area contributed by atoms with Crippen molar-refractivity contribution in [2.75, 3.05) is 32.7 Å². The van der Waals surface area contributed by atoms with Crippen LogP contribution in [0.1, 0.15) is 21.5 Å². The van der Waals surface area contributed by atoms with Crippen LogP contribution in [-0.2, 0) is 0 Å². The highest BCUT2D eigenvalue weighted by molar-refractivity contribution is 5.94. The Morgan fingerprint density at radius 1 is 1.22 bits per heavy atom. The second-order valence-corrected chi connectivity index (χ2v) is 6.37. The predicted molar refractivity (Wildman–Crippen MR) is 89.2 cm³/mol. The van der Waals surface area contributed by atoms with Crippen molar-refractivity contribution in [1.82, 2.24) is 15.5 Å². The number of carbonyl (C=O) groups excluding carboxylic acids is 1. The molecular formula is C17H22F5N3O2. The van der Waals surface area contributed by atoms with Crippen LogP contribution < -0.4 is 15.4 Å². The summed E-state index contributed by atoms with van der Waals surface area (Å²) in [6, 6.07) is 0.841. The van der Waals surface area contributed by atoms with Gasteiger partial charge in [0.25, 0.3) is 5.91 Å². The molecule has 1 atom stereocenters. The van der Waals surface area contributed by atoms with Gasteiger partial charge in [0.1, 0.15) is 11.8 Å². The van der Waals surface area contributed by atoms with E-state index in [9.17, 15) is 26.7 Å². The zero-order valence-corrected chi connectivity index (χ0v) is 15.0. The summed E-state index contributed by atoms with van der Waals surface area (Å²) in [5, 5.41) is 5.29. The minimum Gasteiger partial charge on any atom is -0.434 e. The number of benzene rings is 1. The summed E-state index contributed by atoms with van der Waals surface area (Å²) in [4.78, 5) is 13.6. The number of alkyl halides is 5. The molecule has 5 nitrogen and oxygen atoms in total. The van der Waals surface area contributed by atoms with Gasteiger partial charge in [-0.1, -0.05) is 0 Å². The van der Waals surface area contributed by atoms with Crippen LogP contribution in [0.15, 0.2) is 12.1 Å². The molecule has 1 aliphatic rings. The fourth-order valence-electron chi connectivity index (χ4n) is 3.09. The van der Waals surface area contributed by atoms with Crippen LogP contribution in [0.25, 0.3) is 0 Å². The van der Waals surface area contributed by atoms with Crippen molar-refractivity contribution in [3.8, 4) is 5.75 Å². The van der Waals surface area contributed by atoms with Crippen LogP contribution in [-0.4, -0.2) is 62.4 Å². The Morgan fingerprint density at radius 2 is 1.78 bits per heavy atom. The molecule has 1 aliphatic heterocycles. The van der Waals surface area contributed by atoms with Gasteiger partial charge in [0, 0.05) is 38.3 Å². The van der Waals surface area contributed by atoms with E-state index in [4.69, 9.17) is 0 Å². The molecule has 0 saturated carbocycles. The van der Waals surface area contributed by atoms with Crippen molar-refractivity contribution < 1.29 is 31.5 Å². The molecule has 10 heteroatoms. The minimum atomic E-state index is -4.48. The summed E-state index contributed by atoms with van der Waals surface area (Å²) < 4.78 is 69.3. The fraction of sp³-hybridized carbons (Fsp3) is 0.588. The van der Waals surface area contributed by atoms with E-state index in [0.29, 0.717) is 24.2 Å². The van der Waals surface area contributed by atoms with E-state index in [-0.39, 0.29) is 24.4 Å². The Balaban J connectivity index is 2.09. The number of rotatable bonds is 6. The van der Waals surface area contributed by atoms with Gasteiger partial charge in [-0.05, 0) is 37.1 Å². The van der Waals surface area contributed by atoms with Gasteiger partial charge in [0.2, 0.25) is 0 Å². The van der Waals surface area contributed by atoms with Crippen LogP contribution in [0, 0.1) is 13.8 Å². The molecule has 0 aliphatic carbocycles. The van der Waals surface area contributed by atoms with Gasteiger partial charge < -0.3 is 15.4 Å². The maximum atomic E-state index is 13.4. The summed E-state index contributed by atoms with van der Waals surface area (Å²) in [6.07, 6.45) is -4.48. The summed E-state index contributed by atoms with van der Waals surface area (Å²) in [7, 11) is 0. The van der Waals surface area contributed by atoms with Crippen LogP contribution in [0.2, 0.25) is 0 Å². The number of amides is 1. The molecule has 152 valence electrons. The summed E-state index contributed by atoms with van der Waals surface area (Å²) in [5.41, 5.74) is 0.692. The lowest BCUT2D eigenvalue weighted by Gasteiger charge is -2.35. The summed E-state index contributed by atoms with van der Waals surface area (Å²) >= 11 is 0. The van der Waals surface area contributed by atoms with Crippen LogP contribution >= 0.6 is 0 Å². The van der Waals surface area contributed by atoms with Crippen molar-refractivity contribution in [1.29, 1.82) is 0 Å². The zero-order valence-electron chi connectivity index (χ0n) is 15.0. The normalized spacial score (nSPS) is 17.0. The van der Waals surface area contributed by atoms with Crippen molar-refractivity contribution in [3.63, 3.8) is 0 Å². The molecule has 1 aromatic carbocycles. The monoisotopic (exact) mass is 395 g/mol. The van der Waals surface area contributed by atoms with Crippen LogP contribution in [0.5, 0.6) is 5.75 Å². The Morgan fingerprint density at radius 3 is 2.26 bits per heavy atom. The van der Waals surface area contributed by atoms with Crippen molar-refractivity contribution in [2.45, 2.75) is 32.7 Å². The molecule has 1 fully saturated rings. The molecule has 0 bridgehead atoms. The highest BCUT2D eigenvalue weighted by Gasteiger charge is 2.43. The molecule has 1 unspecified atom stereocenters. The maximum absolute atomic E-state index is 13.4. The van der Waals surface area contributed by atoms with Gasteiger partial charge in [0.15, 0.2) is 0 Å². The zero-order chi connectivity index (χ0) is 20.2. The first-order chi connectivity index (χ1) is 12.6. The predicted octanol–water partition coefficient (Wildman–Crippen LogP) is 2.47. The lowest BCUT2D eigenvalue weighted by molar-refractivity contribution is -0.183. The number of nitrogens with one attached hydrogen (secondary N) is 2. The molecule has 1 saturated heterocycles. The minimum absolute atomic E-state index is 0.0458. The van der Waals surface area contributed by atoms with Crippen LogP contribution in [0.4, 0.5) is 22.0 Å². The van der Waals surface area contributed by atoms with E-state index in [2.05, 4.69) is 15.4 Å². The lowest BCUT2D eigenvalue weighted by atomic mass is 10.0. The Labute approximate surface area is 153 Å². The maximum Gasteiger partial charge on any atom is 0.405 e. The number of carbonyl (C=O) groups is 1. The Bertz CT molecular complexity index is 637. The standard InChI is InChI=1S/C17H22F5N3O2/c1-10-7-12(8-11(2)14(10)27-16(18)19)15(26)24-9-13(17(20,21)22)25-5-3-23-4-6-25/h7-8,13,16,23H,3-6,9H2,1-2H3,(H,24,26). The van der Waals surface area contributed by atoms with Crippen molar-refractivity contribution >= 4 is 5.91 Å². The third kappa shape index (κ3) is 5.77. The van der Waals surface area contributed by atoms with Crippen molar-refractivity contribution in [2.24, 2.45) is 0 Å². The van der Waals surface area contributed by atoms with Gasteiger partial charge in [-0.2, -0.15) is 22.0 Å². The third-order valence-electron chi connectivity index (χ3n) is 4.36. The first-order valence-corrected chi connectivity index (χ1v) is 8.45. The average molecular weight is 395 g/mol. The van der Waals surface area contributed by atoms with Gasteiger partial charge in [-0.3, -0.25) is 9.69 Å². The molecule has 0 radical (unpaired) electrons. The van der Waals surface area contributed by atoms with Gasteiger partial charge in [-0.25, -0.2) is 0 Å². The van der Waals surface area contributed by atoms with E-state index in [1.165, 1.54) is 30.9 Å². The summed E-state index contributed by atoms with van der Waals surface area (Å²) in [6.45, 7) is 0.746. The highest BCUT2D eigenvalue weighted by atomic mass is 19.4. The van der Waals surface area contributed by atoms with Crippen molar-refractivity contribution in [3.05, 3.63) is 28.8 Å². The highest BCUT2D eigenvalue weighted by Crippen LogP contribution is 2.27. The SMILES string of the molecule is Cc1cc(C(=O)NCC(N2CCNCC2)C(F)(F)F)cc(C)c1OC(F)F. The van der Waals surface area contributed by atoms with Crippen LogP contribution in [0.3, 0.4) is 0 Å². The summed E-state index contributed by atoms with van der Waals surface area (Å²) in [5.74, 6) is -0.746. The van der Waals surface area contributed by atoms with E-state index in [0.717, 1.165) is 0 Å². The fourth-order valence-corrected chi connectivity index (χ4v) is 3.09. The molecule has 2 rings (SSSR count). The second-order valence-electron chi connectivity index (χ2n) is 6.37. The first-order valence-electron chi connectivity index (χ1n) is 8.45. The number of nitrogens with zero attached hydrogens (tertiary/aromatic N) is 1. The molecule has 0 aromatic heterocycles. The molecule has 0 spiro atoms. The molecule has 1 aromatic rings. The second kappa shape index (κ2) is 8.83. The molecule has 2 N–H and O–H groups in total. The number of piperazine rings is 1. The van der Waals surface area contributed by atoms with E-state index < -0.39 is 31.3 Å². The molecular weight excluding hydrogens is 373 g/mol. The molecule has 1 amide bonds. The largest absolute Gasteiger partial charge is 0.434 e. The van der Waals surface area contributed by atoms with Gasteiger partial charge in [-0.15, -0.1) is 0 Å². The number of ether oxygens (including phenoxy) is 1. The van der Waals surface area contributed by atoms with E-state index in [1.54, 1.807) is 0 Å².